The fourth-order valence-electron chi connectivity index (χ4n) is 3.62. The van der Waals surface area contributed by atoms with Gasteiger partial charge in [0.25, 0.3) is 0 Å². The largest absolute Gasteiger partial charge is 2.00 e. The van der Waals surface area contributed by atoms with E-state index in [9.17, 15) is 0 Å². The summed E-state index contributed by atoms with van der Waals surface area (Å²) in [5.41, 5.74) is 9.10. The zero-order chi connectivity index (χ0) is 28.7. The van der Waals surface area contributed by atoms with Gasteiger partial charge in [0.1, 0.15) is 0 Å². The summed E-state index contributed by atoms with van der Waals surface area (Å²) in [5.74, 6) is 0. The molecule has 1 heteroatoms. The Morgan fingerprint density at radius 1 is 0.324 bits per heavy atom. The van der Waals surface area contributed by atoms with E-state index in [1.807, 2.05) is 0 Å². The van der Waals surface area contributed by atoms with E-state index in [1.54, 1.807) is 0 Å². The van der Waals surface area contributed by atoms with Crippen LogP contribution in [-0.2, 0) is 32.5 Å². The van der Waals surface area contributed by atoms with Crippen molar-refractivity contribution in [3.8, 4) is 0 Å². The van der Waals surface area contributed by atoms with E-state index in [2.05, 4.69) is 161 Å². The standard InChI is InChI=1S/2C18H29.Mg/c2*1-16(2,3)13-10-14(17(4,5)6)12-15(11-13)18(7,8)9;/h2*10-11H,1-9H3;/q2*-1;+2. The minimum absolute atomic E-state index is 0. The Balaban J connectivity index is 0.000000682. The van der Waals surface area contributed by atoms with Gasteiger partial charge < -0.3 is 0 Å². The molecule has 0 radical (unpaired) electrons. The molecule has 0 amide bonds. The van der Waals surface area contributed by atoms with E-state index in [0.717, 1.165) is 0 Å². The van der Waals surface area contributed by atoms with Crippen LogP contribution in [0, 0.1) is 12.1 Å². The average Bonchev–Trinajstić information content (AvgIpc) is 2.63. The molecule has 0 spiro atoms. The van der Waals surface area contributed by atoms with E-state index in [1.165, 1.54) is 33.4 Å². The van der Waals surface area contributed by atoms with Crippen LogP contribution in [0.4, 0.5) is 0 Å². The van der Waals surface area contributed by atoms with Crippen LogP contribution >= 0.6 is 0 Å². The van der Waals surface area contributed by atoms with Gasteiger partial charge in [-0.15, -0.1) is 0 Å². The Hall–Kier alpha value is -0.794. The van der Waals surface area contributed by atoms with Crippen LogP contribution in [0.5, 0.6) is 0 Å². The summed E-state index contributed by atoms with van der Waals surface area (Å²) in [6.07, 6.45) is 0. The van der Waals surface area contributed by atoms with Crippen molar-refractivity contribution in [2.75, 3.05) is 0 Å². The van der Waals surface area contributed by atoms with Crippen LogP contribution in [0.3, 0.4) is 0 Å². The second kappa shape index (κ2) is 11.8. The van der Waals surface area contributed by atoms with Gasteiger partial charge in [-0.25, -0.2) is 0 Å². The molecule has 0 atom stereocenters. The third-order valence-corrected chi connectivity index (χ3v) is 6.70. The van der Waals surface area contributed by atoms with Crippen molar-refractivity contribution in [1.82, 2.24) is 0 Å². The Morgan fingerprint density at radius 2 is 0.486 bits per heavy atom. The fraction of sp³-hybridized carbons (Fsp3) is 0.667. The van der Waals surface area contributed by atoms with Gasteiger partial charge in [-0.3, -0.25) is 0 Å². The van der Waals surface area contributed by atoms with Crippen LogP contribution in [0.15, 0.2) is 24.3 Å². The first-order chi connectivity index (χ1) is 15.6. The van der Waals surface area contributed by atoms with Gasteiger partial charge >= 0.3 is 23.1 Å². The molecule has 0 unspecified atom stereocenters. The molecule has 2 aromatic rings. The van der Waals surface area contributed by atoms with Gasteiger partial charge in [0.15, 0.2) is 0 Å². The molecule has 0 fully saturated rings. The van der Waals surface area contributed by atoms with Crippen LogP contribution in [0.1, 0.15) is 158 Å². The van der Waals surface area contributed by atoms with Crippen molar-refractivity contribution < 1.29 is 0 Å². The molecular weight excluding hydrogens is 457 g/mol. The second-order valence-corrected chi connectivity index (χ2v) is 16.9. The summed E-state index contributed by atoms with van der Waals surface area (Å²) in [7, 11) is 0. The van der Waals surface area contributed by atoms with E-state index in [4.69, 9.17) is 0 Å². The molecule has 0 saturated heterocycles. The zero-order valence-electron chi connectivity index (χ0n) is 28.0. The van der Waals surface area contributed by atoms with Crippen molar-refractivity contribution in [2.45, 2.75) is 157 Å². The van der Waals surface area contributed by atoms with Gasteiger partial charge in [0.05, 0.1) is 0 Å². The predicted molar refractivity (Wildman–Crippen MR) is 169 cm³/mol. The molecule has 0 aromatic heterocycles. The van der Waals surface area contributed by atoms with Gasteiger partial charge in [-0.05, 0) is 32.5 Å². The van der Waals surface area contributed by atoms with Crippen molar-refractivity contribution in [3.05, 3.63) is 69.8 Å². The first-order valence-corrected chi connectivity index (χ1v) is 13.8. The first-order valence-electron chi connectivity index (χ1n) is 13.8. The average molecular weight is 515 g/mol. The maximum absolute atomic E-state index is 3.64. The SMILES string of the molecule is CC(C)(C)c1[c-]c(C(C)(C)C)cc(C(C)(C)C)c1.CC(C)(C)c1[c-]c(C(C)(C)C)cc(C(C)(C)C)c1.[Mg+2]. The molecule has 0 N–H and O–H groups in total. The van der Waals surface area contributed by atoms with Crippen LogP contribution in [0.25, 0.3) is 0 Å². The minimum Gasteiger partial charge on any atom is -0.176 e. The molecule has 0 aliphatic carbocycles. The van der Waals surface area contributed by atoms with Gasteiger partial charge in [0, 0.05) is 0 Å². The summed E-state index contributed by atoms with van der Waals surface area (Å²) >= 11 is 0. The molecule has 0 aliphatic heterocycles. The van der Waals surface area contributed by atoms with Crippen LogP contribution < -0.4 is 0 Å². The monoisotopic (exact) mass is 514 g/mol. The topological polar surface area (TPSA) is 0 Å². The Kier molecular flexibility index (Phi) is 11.5. The molecular formula is C36H58Mg. The predicted octanol–water partition coefficient (Wildman–Crippen LogP) is 10.4. The van der Waals surface area contributed by atoms with Crippen molar-refractivity contribution in [2.24, 2.45) is 0 Å². The molecule has 0 saturated carbocycles. The molecule has 204 valence electrons. The van der Waals surface area contributed by atoms with E-state index >= 15 is 0 Å². The number of benzene rings is 2. The van der Waals surface area contributed by atoms with Gasteiger partial charge in [-0.1, -0.05) is 125 Å². The Bertz CT molecular complexity index is 768. The van der Waals surface area contributed by atoms with Gasteiger partial charge in [-0.2, -0.15) is 69.8 Å². The molecule has 2 aromatic carbocycles. The normalized spacial score (nSPS) is 13.5. The molecule has 0 aliphatic rings. The number of rotatable bonds is 0. The minimum atomic E-state index is 0. The third kappa shape index (κ3) is 11.1. The van der Waals surface area contributed by atoms with Crippen molar-refractivity contribution in [3.63, 3.8) is 0 Å². The van der Waals surface area contributed by atoms with E-state index in [0.29, 0.717) is 0 Å². The van der Waals surface area contributed by atoms with Gasteiger partial charge in [0.2, 0.25) is 0 Å². The van der Waals surface area contributed by atoms with E-state index in [-0.39, 0.29) is 55.5 Å². The maximum atomic E-state index is 3.64. The van der Waals surface area contributed by atoms with Crippen molar-refractivity contribution >= 4 is 23.1 Å². The maximum Gasteiger partial charge on any atom is 2.00 e. The van der Waals surface area contributed by atoms with E-state index < -0.39 is 0 Å². The Morgan fingerprint density at radius 3 is 0.595 bits per heavy atom. The summed E-state index contributed by atoms with van der Waals surface area (Å²) in [6.45, 7) is 40.8. The number of hydrogen-bond donors (Lipinski definition) is 0. The smallest absolute Gasteiger partial charge is 0.176 e. The molecule has 37 heavy (non-hydrogen) atoms. The number of hydrogen-bond acceptors (Lipinski definition) is 0. The van der Waals surface area contributed by atoms with Crippen LogP contribution in [0.2, 0.25) is 0 Å². The molecule has 0 nitrogen and oxygen atoms in total. The van der Waals surface area contributed by atoms with Crippen molar-refractivity contribution in [1.29, 1.82) is 0 Å². The Labute approximate surface area is 249 Å². The molecule has 0 heterocycles. The zero-order valence-corrected chi connectivity index (χ0v) is 29.4. The summed E-state index contributed by atoms with van der Waals surface area (Å²) < 4.78 is 0. The summed E-state index contributed by atoms with van der Waals surface area (Å²) in [4.78, 5) is 0. The third-order valence-electron chi connectivity index (χ3n) is 6.70. The molecule has 2 rings (SSSR count). The summed E-state index contributed by atoms with van der Waals surface area (Å²) in [6, 6.07) is 16.6. The summed E-state index contributed by atoms with van der Waals surface area (Å²) in [5, 5.41) is 0. The first kappa shape index (κ1) is 36.2. The molecule has 0 bridgehead atoms. The second-order valence-electron chi connectivity index (χ2n) is 16.9. The van der Waals surface area contributed by atoms with Crippen LogP contribution in [-0.4, -0.2) is 23.1 Å². The fourth-order valence-corrected chi connectivity index (χ4v) is 3.62. The quantitative estimate of drug-likeness (QED) is 0.242.